The van der Waals surface area contributed by atoms with E-state index < -0.39 is 0 Å². The fraction of sp³-hybridized carbons (Fsp3) is 0.208. The van der Waals surface area contributed by atoms with Crippen molar-refractivity contribution < 1.29 is 9.53 Å². The van der Waals surface area contributed by atoms with Gasteiger partial charge >= 0.3 is 0 Å². The van der Waals surface area contributed by atoms with E-state index in [1.807, 2.05) is 74.6 Å². The van der Waals surface area contributed by atoms with Crippen LogP contribution in [-0.4, -0.2) is 27.3 Å². The van der Waals surface area contributed by atoms with E-state index in [2.05, 4.69) is 10.4 Å². The Morgan fingerprint density at radius 1 is 1.13 bits per heavy atom. The minimum atomic E-state index is -0.127. The van der Waals surface area contributed by atoms with E-state index in [1.165, 1.54) is 0 Å². The van der Waals surface area contributed by atoms with Crippen LogP contribution in [0.1, 0.15) is 34.1 Å². The number of nitrogens with zero attached hydrogens (tertiary/aromatic N) is 3. The third kappa shape index (κ3) is 3.10. The molecule has 1 aliphatic rings. The summed E-state index contributed by atoms with van der Waals surface area (Å²) in [5.74, 6) is 0.703. The molecule has 0 spiro atoms. The van der Waals surface area contributed by atoms with Crippen molar-refractivity contribution in [3.05, 3.63) is 77.5 Å². The zero-order chi connectivity index (χ0) is 20.7. The van der Waals surface area contributed by atoms with Gasteiger partial charge in [0.05, 0.1) is 35.0 Å². The number of nitrogens with one attached hydrogen (secondary N) is 1. The summed E-state index contributed by atoms with van der Waals surface area (Å²) >= 11 is 0. The van der Waals surface area contributed by atoms with Gasteiger partial charge in [0.2, 0.25) is 0 Å². The van der Waals surface area contributed by atoms with Gasteiger partial charge in [0.25, 0.3) is 5.91 Å². The topological polar surface area (TPSA) is 69.0 Å². The molecule has 6 heteroatoms. The van der Waals surface area contributed by atoms with E-state index in [9.17, 15) is 4.79 Å². The van der Waals surface area contributed by atoms with Gasteiger partial charge in [-0.2, -0.15) is 5.10 Å². The number of carbonyl (C=O) groups is 1. The Hall–Kier alpha value is -3.67. The van der Waals surface area contributed by atoms with Crippen molar-refractivity contribution in [1.29, 1.82) is 0 Å². The van der Waals surface area contributed by atoms with Crippen LogP contribution in [0.5, 0.6) is 5.75 Å². The van der Waals surface area contributed by atoms with Crippen LogP contribution in [0.3, 0.4) is 0 Å². The average molecular weight is 398 g/mol. The summed E-state index contributed by atoms with van der Waals surface area (Å²) in [7, 11) is 1.85. The van der Waals surface area contributed by atoms with Gasteiger partial charge in [-0.05, 0) is 19.1 Å². The van der Waals surface area contributed by atoms with E-state index in [0.717, 1.165) is 40.1 Å². The molecular weight excluding hydrogens is 376 g/mol. The van der Waals surface area contributed by atoms with Gasteiger partial charge in [-0.15, -0.1) is 0 Å². The number of amides is 1. The lowest BCUT2D eigenvalue weighted by molar-refractivity contribution is 0.0926. The van der Waals surface area contributed by atoms with Crippen LogP contribution >= 0.6 is 0 Å². The highest BCUT2D eigenvalue weighted by molar-refractivity contribution is 6.07. The summed E-state index contributed by atoms with van der Waals surface area (Å²) in [5.41, 5.74) is 4.80. The van der Waals surface area contributed by atoms with Crippen LogP contribution in [0.2, 0.25) is 0 Å². The van der Waals surface area contributed by atoms with Crippen molar-refractivity contribution in [3.8, 4) is 17.0 Å². The summed E-state index contributed by atoms with van der Waals surface area (Å²) in [6, 6.07) is 19.5. The smallest absolute Gasteiger partial charge is 0.252 e. The van der Waals surface area contributed by atoms with Gasteiger partial charge in [0.1, 0.15) is 5.75 Å². The molecule has 0 radical (unpaired) electrons. The highest BCUT2D eigenvalue weighted by Gasteiger charge is 2.25. The third-order valence-electron chi connectivity index (χ3n) is 5.55. The number of aromatic nitrogens is 3. The molecule has 1 atom stereocenters. The standard InChI is InChI=1S/C24H22N4O2/c1-15-22-18(24(29)26-19-12-13-30-21-11-7-6-10-17(19)21)14-20(16-8-4-3-5-9-16)25-23(22)28(2)27-15/h3-11,14,19H,12-13H2,1-2H3,(H,26,29). The Morgan fingerprint density at radius 3 is 2.73 bits per heavy atom. The maximum atomic E-state index is 13.5. The molecule has 3 heterocycles. The predicted molar refractivity (Wildman–Crippen MR) is 115 cm³/mol. The van der Waals surface area contributed by atoms with Gasteiger partial charge < -0.3 is 10.1 Å². The lowest BCUT2D eigenvalue weighted by atomic mass is 9.99. The van der Waals surface area contributed by atoms with Crippen molar-refractivity contribution in [3.63, 3.8) is 0 Å². The Morgan fingerprint density at radius 2 is 1.90 bits per heavy atom. The second-order valence-corrected chi connectivity index (χ2v) is 7.53. The van der Waals surface area contributed by atoms with E-state index >= 15 is 0 Å². The van der Waals surface area contributed by atoms with Crippen LogP contribution in [0.4, 0.5) is 0 Å². The molecule has 1 N–H and O–H groups in total. The molecule has 0 aliphatic carbocycles. The lowest BCUT2D eigenvalue weighted by Crippen LogP contribution is -2.32. The largest absolute Gasteiger partial charge is 0.493 e. The van der Waals surface area contributed by atoms with Gasteiger partial charge in [-0.25, -0.2) is 4.98 Å². The summed E-state index contributed by atoms with van der Waals surface area (Å²) in [6.45, 7) is 2.49. The second kappa shape index (κ2) is 7.30. The predicted octanol–water partition coefficient (Wildman–Crippen LogP) is 4.20. The minimum Gasteiger partial charge on any atom is -0.493 e. The monoisotopic (exact) mass is 398 g/mol. The zero-order valence-corrected chi connectivity index (χ0v) is 16.9. The maximum Gasteiger partial charge on any atom is 0.252 e. The molecule has 1 amide bonds. The number of para-hydroxylation sites is 1. The fourth-order valence-electron chi connectivity index (χ4n) is 4.11. The molecule has 2 aromatic heterocycles. The summed E-state index contributed by atoms with van der Waals surface area (Å²) in [6.07, 6.45) is 0.731. The molecule has 0 fully saturated rings. The zero-order valence-electron chi connectivity index (χ0n) is 16.9. The Kier molecular flexibility index (Phi) is 4.47. The minimum absolute atomic E-state index is 0.0946. The molecule has 0 saturated heterocycles. The highest BCUT2D eigenvalue weighted by Crippen LogP contribution is 2.33. The molecule has 0 saturated carbocycles. The van der Waals surface area contributed by atoms with E-state index in [4.69, 9.17) is 9.72 Å². The highest BCUT2D eigenvalue weighted by atomic mass is 16.5. The first-order valence-corrected chi connectivity index (χ1v) is 10.0. The van der Waals surface area contributed by atoms with Crippen LogP contribution in [0.15, 0.2) is 60.7 Å². The maximum absolute atomic E-state index is 13.5. The molecule has 1 aliphatic heterocycles. The van der Waals surface area contributed by atoms with Crippen LogP contribution in [0.25, 0.3) is 22.3 Å². The lowest BCUT2D eigenvalue weighted by Gasteiger charge is -2.26. The number of benzene rings is 2. The number of hydrogen-bond acceptors (Lipinski definition) is 4. The Labute approximate surface area is 174 Å². The molecule has 1 unspecified atom stereocenters. The molecule has 4 aromatic rings. The number of hydrogen-bond donors (Lipinski definition) is 1. The van der Waals surface area contributed by atoms with Crippen LogP contribution in [-0.2, 0) is 7.05 Å². The molecule has 5 rings (SSSR count). The van der Waals surface area contributed by atoms with E-state index in [-0.39, 0.29) is 11.9 Å². The van der Waals surface area contributed by atoms with Gasteiger partial charge in [-0.1, -0.05) is 48.5 Å². The summed E-state index contributed by atoms with van der Waals surface area (Å²) < 4.78 is 7.47. The Bertz CT molecular complexity index is 1250. The molecule has 150 valence electrons. The van der Waals surface area contributed by atoms with Crippen LogP contribution < -0.4 is 10.1 Å². The van der Waals surface area contributed by atoms with E-state index in [0.29, 0.717) is 17.8 Å². The van der Waals surface area contributed by atoms with Crippen molar-refractivity contribution in [1.82, 2.24) is 20.1 Å². The molecule has 30 heavy (non-hydrogen) atoms. The molecular formula is C24H22N4O2. The fourth-order valence-corrected chi connectivity index (χ4v) is 4.11. The molecule has 0 bridgehead atoms. The van der Waals surface area contributed by atoms with E-state index in [1.54, 1.807) is 4.68 Å². The third-order valence-corrected chi connectivity index (χ3v) is 5.55. The summed E-state index contributed by atoms with van der Waals surface area (Å²) in [5, 5.41) is 8.51. The first-order valence-electron chi connectivity index (χ1n) is 10.0. The number of pyridine rings is 1. The van der Waals surface area contributed by atoms with Gasteiger partial charge in [0, 0.05) is 24.6 Å². The number of aryl methyl sites for hydroxylation is 2. The number of carbonyl (C=O) groups excluding carboxylic acids is 1. The van der Waals surface area contributed by atoms with Crippen molar-refractivity contribution in [2.24, 2.45) is 7.05 Å². The van der Waals surface area contributed by atoms with Crippen LogP contribution in [0, 0.1) is 6.92 Å². The second-order valence-electron chi connectivity index (χ2n) is 7.53. The number of ether oxygens (including phenoxy) is 1. The quantitative estimate of drug-likeness (QED) is 0.562. The number of fused-ring (bicyclic) bond motifs is 2. The van der Waals surface area contributed by atoms with Crippen molar-refractivity contribution in [2.75, 3.05) is 6.61 Å². The summed E-state index contributed by atoms with van der Waals surface area (Å²) in [4.78, 5) is 18.3. The first kappa shape index (κ1) is 18.4. The normalized spacial score (nSPS) is 15.5. The van der Waals surface area contributed by atoms with Crippen molar-refractivity contribution in [2.45, 2.75) is 19.4 Å². The van der Waals surface area contributed by atoms with Gasteiger partial charge in [0.15, 0.2) is 5.65 Å². The van der Waals surface area contributed by atoms with Crippen molar-refractivity contribution >= 4 is 16.9 Å². The molecule has 2 aromatic carbocycles. The SMILES string of the molecule is Cc1nn(C)c2nc(-c3ccccc3)cc(C(=O)NC3CCOc4ccccc43)c12. The molecule has 6 nitrogen and oxygen atoms in total. The average Bonchev–Trinajstić information content (AvgIpc) is 3.07. The first-order chi connectivity index (χ1) is 14.6. The Balaban J connectivity index is 1.59. The van der Waals surface area contributed by atoms with Gasteiger partial charge in [-0.3, -0.25) is 9.48 Å². The number of rotatable bonds is 3.